The van der Waals surface area contributed by atoms with Crippen LogP contribution in [0, 0.1) is 0 Å². The molecule has 2 heterocycles. The minimum atomic E-state index is -0.0625. The summed E-state index contributed by atoms with van der Waals surface area (Å²) < 4.78 is 17.5. The standard InChI is InChI=1S/C21H21NO4S/c1-27-16-7-5-15(6-8-16)14-25-19-4-2-3-17-18(23)13-20(26-21(17)19)22-9-11-24-12-10-22/h2-8,13H,9-12,14H2,1H3. The van der Waals surface area contributed by atoms with Crippen molar-refractivity contribution in [2.45, 2.75) is 11.5 Å². The largest absolute Gasteiger partial charge is 0.485 e. The molecule has 0 spiro atoms. The Labute approximate surface area is 161 Å². The molecular formula is C21H21NO4S. The highest BCUT2D eigenvalue weighted by Gasteiger charge is 2.17. The summed E-state index contributed by atoms with van der Waals surface area (Å²) in [4.78, 5) is 15.8. The van der Waals surface area contributed by atoms with Crippen LogP contribution in [0.3, 0.4) is 0 Å². The van der Waals surface area contributed by atoms with Crippen molar-refractivity contribution in [2.75, 3.05) is 37.5 Å². The second-order valence-electron chi connectivity index (χ2n) is 6.32. The van der Waals surface area contributed by atoms with Gasteiger partial charge in [0.25, 0.3) is 0 Å². The first-order valence-corrected chi connectivity index (χ1v) is 10.1. The molecular weight excluding hydrogens is 362 g/mol. The molecule has 1 aromatic heterocycles. The third-order valence-corrected chi connectivity index (χ3v) is 5.33. The Kier molecular flexibility index (Phi) is 5.36. The Balaban J connectivity index is 1.63. The number of fused-ring (bicyclic) bond motifs is 1. The summed E-state index contributed by atoms with van der Waals surface area (Å²) in [5.74, 6) is 1.14. The van der Waals surface area contributed by atoms with Gasteiger partial charge in [-0.25, -0.2) is 0 Å². The van der Waals surface area contributed by atoms with Crippen molar-refractivity contribution in [1.29, 1.82) is 0 Å². The van der Waals surface area contributed by atoms with E-state index in [1.54, 1.807) is 23.9 Å². The topological polar surface area (TPSA) is 51.9 Å². The van der Waals surface area contributed by atoms with Gasteiger partial charge in [-0.1, -0.05) is 18.2 Å². The zero-order valence-corrected chi connectivity index (χ0v) is 16.0. The van der Waals surface area contributed by atoms with Crippen LogP contribution in [0.1, 0.15) is 5.56 Å². The molecule has 0 aliphatic carbocycles. The number of thioether (sulfide) groups is 1. The lowest BCUT2D eigenvalue weighted by Crippen LogP contribution is -2.36. The van der Waals surface area contributed by atoms with Gasteiger partial charge in [0.2, 0.25) is 0 Å². The van der Waals surface area contributed by atoms with E-state index in [4.69, 9.17) is 13.9 Å². The molecule has 6 heteroatoms. The first-order valence-electron chi connectivity index (χ1n) is 8.90. The monoisotopic (exact) mass is 383 g/mol. The van der Waals surface area contributed by atoms with Crippen molar-refractivity contribution in [3.63, 3.8) is 0 Å². The van der Waals surface area contributed by atoms with E-state index in [-0.39, 0.29) is 5.43 Å². The van der Waals surface area contributed by atoms with E-state index >= 15 is 0 Å². The van der Waals surface area contributed by atoms with Crippen LogP contribution in [0.5, 0.6) is 5.75 Å². The third kappa shape index (κ3) is 3.96. The third-order valence-electron chi connectivity index (χ3n) is 4.58. The normalized spacial score (nSPS) is 14.5. The van der Waals surface area contributed by atoms with Crippen molar-refractivity contribution in [2.24, 2.45) is 0 Å². The van der Waals surface area contributed by atoms with Crippen LogP contribution in [0.2, 0.25) is 0 Å². The Morgan fingerprint density at radius 2 is 1.89 bits per heavy atom. The van der Waals surface area contributed by atoms with Crippen molar-refractivity contribution < 1.29 is 13.9 Å². The molecule has 0 unspecified atom stereocenters. The van der Waals surface area contributed by atoms with Gasteiger partial charge >= 0.3 is 0 Å². The fourth-order valence-corrected chi connectivity index (χ4v) is 3.48. The van der Waals surface area contributed by atoms with E-state index in [2.05, 4.69) is 18.4 Å². The van der Waals surface area contributed by atoms with Crippen LogP contribution < -0.4 is 15.1 Å². The van der Waals surface area contributed by atoms with Gasteiger partial charge in [-0.3, -0.25) is 4.79 Å². The Morgan fingerprint density at radius 1 is 1.11 bits per heavy atom. The lowest BCUT2D eigenvalue weighted by Gasteiger charge is -2.27. The number of para-hydroxylation sites is 1. The number of benzene rings is 2. The summed E-state index contributed by atoms with van der Waals surface area (Å²) in [6, 6.07) is 15.2. The second-order valence-corrected chi connectivity index (χ2v) is 7.20. The molecule has 0 saturated carbocycles. The van der Waals surface area contributed by atoms with Gasteiger partial charge in [0, 0.05) is 24.1 Å². The SMILES string of the molecule is CSc1ccc(COc2cccc3c(=O)cc(N4CCOCC4)oc23)cc1. The van der Waals surface area contributed by atoms with Gasteiger partial charge in [-0.2, -0.15) is 0 Å². The molecule has 140 valence electrons. The maximum absolute atomic E-state index is 12.6. The number of hydrogen-bond acceptors (Lipinski definition) is 6. The molecule has 1 saturated heterocycles. The quantitative estimate of drug-likeness (QED) is 0.622. The maximum Gasteiger partial charge on any atom is 0.200 e. The molecule has 1 aliphatic heterocycles. The van der Waals surface area contributed by atoms with Gasteiger partial charge in [-0.15, -0.1) is 11.8 Å². The van der Waals surface area contributed by atoms with Gasteiger partial charge < -0.3 is 18.8 Å². The van der Waals surface area contributed by atoms with Crippen molar-refractivity contribution >= 4 is 28.6 Å². The van der Waals surface area contributed by atoms with E-state index in [9.17, 15) is 4.79 Å². The molecule has 0 amide bonds. The Morgan fingerprint density at radius 3 is 2.63 bits per heavy atom. The van der Waals surface area contributed by atoms with Crippen LogP contribution in [-0.4, -0.2) is 32.6 Å². The van der Waals surface area contributed by atoms with Crippen LogP contribution in [0.4, 0.5) is 5.88 Å². The zero-order valence-electron chi connectivity index (χ0n) is 15.1. The summed E-state index contributed by atoms with van der Waals surface area (Å²) in [5.41, 5.74) is 1.50. The van der Waals surface area contributed by atoms with Crippen molar-refractivity contribution in [1.82, 2.24) is 0 Å². The van der Waals surface area contributed by atoms with Gasteiger partial charge in [0.05, 0.1) is 18.6 Å². The summed E-state index contributed by atoms with van der Waals surface area (Å²) in [5, 5.41) is 0.530. The van der Waals surface area contributed by atoms with E-state index in [1.165, 1.54) is 4.90 Å². The summed E-state index contributed by atoms with van der Waals surface area (Å²) in [7, 11) is 0. The van der Waals surface area contributed by atoms with Crippen LogP contribution in [0.15, 0.2) is 62.6 Å². The van der Waals surface area contributed by atoms with Crippen LogP contribution in [0.25, 0.3) is 11.0 Å². The number of anilines is 1. The van der Waals surface area contributed by atoms with Crippen molar-refractivity contribution in [3.05, 3.63) is 64.3 Å². The molecule has 27 heavy (non-hydrogen) atoms. The lowest BCUT2D eigenvalue weighted by atomic mass is 10.2. The number of ether oxygens (including phenoxy) is 2. The minimum absolute atomic E-state index is 0.0625. The fraction of sp³-hybridized carbons (Fsp3) is 0.286. The molecule has 3 aromatic rings. The molecule has 0 bridgehead atoms. The number of hydrogen-bond donors (Lipinski definition) is 0. The van der Waals surface area contributed by atoms with Gasteiger partial charge in [0.1, 0.15) is 6.61 Å². The van der Waals surface area contributed by atoms with Gasteiger partial charge in [-0.05, 0) is 36.1 Å². The Bertz CT molecular complexity index is 978. The molecule has 4 rings (SSSR count). The summed E-state index contributed by atoms with van der Waals surface area (Å²) >= 11 is 1.71. The average Bonchev–Trinajstić information content (AvgIpc) is 2.73. The molecule has 0 N–H and O–H groups in total. The fourth-order valence-electron chi connectivity index (χ4n) is 3.08. The van der Waals surface area contributed by atoms with E-state index in [1.807, 2.05) is 29.2 Å². The Hall–Kier alpha value is -2.44. The number of morpholine rings is 1. The average molecular weight is 383 g/mol. The van der Waals surface area contributed by atoms with Crippen LogP contribution >= 0.6 is 11.8 Å². The van der Waals surface area contributed by atoms with E-state index in [0.29, 0.717) is 55.5 Å². The highest BCUT2D eigenvalue weighted by atomic mass is 32.2. The molecule has 1 aliphatic rings. The minimum Gasteiger partial charge on any atom is -0.485 e. The number of rotatable bonds is 5. The molecule has 2 aromatic carbocycles. The van der Waals surface area contributed by atoms with Gasteiger partial charge in [0.15, 0.2) is 22.6 Å². The van der Waals surface area contributed by atoms with E-state index in [0.717, 1.165) is 5.56 Å². The number of nitrogens with zero attached hydrogens (tertiary/aromatic N) is 1. The smallest absolute Gasteiger partial charge is 0.200 e. The first kappa shape index (κ1) is 17.9. The predicted molar refractivity (Wildman–Crippen MR) is 108 cm³/mol. The predicted octanol–water partition coefficient (Wildman–Crippen LogP) is 3.93. The maximum atomic E-state index is 12.6. The highest BCUT2D eigenvalue weighted by molar-refractivity contribution is 7.98. The highest BCUT2D eigenvalue weighted by Crippen LogP contribution is 2.28. The first-order chi connectivity index (χ1) is 13.2. The molecule has 5 nitrogen and oxygen atoms in total. The molecule has 1 fully saturated rings. The summed E-state index contributed by atoms with van der Waals surface area (Å²) in [6.07, 6.45) is 2.05. The summed E-state index contributed by atoms with van der Waals surface area (Å²) in [6.45, 7) is 3.09. The molecule has 0 radical (unpaired) electrons. The second kappa shape index (κ2) is 8.06. The van der Waals surface area contributed by atoms with Crippen molar-refractivity contribution in [3.8, 4) is 5.75 Å². The lowest BCUT2D eigenvalue weighted by molar-refractivity contribution is 0.120. The zero-order chi connectivity index (χ0) is 18.6. The van der Waals surface area contributed by atoms with Crippen LogP contribution in [-0.2, 0) is 11.3 Å². The van der Waals surface area contributed by atoms with E-state index < -0.39 is 0 Å². The molecule has 0 atom stereocenters.